The molecule has 19 heavy (non-hydrogen) atoms. The number of hydrogen-bond donors (Lipinski definition) is 3. The summed E-state index contributed by atoms with van der Waals surface area (Å²) in [5.74, 6) is 0.616. The Bertz CT molecular complexity index is 570. The molecular formula is C14H17N3O2. The molecule has 0 aliphatic carbocycles. The second-order valence-corrected chi connectivity index (χ2v) is 4.41. The third-order valence-electron chi connectivity index (χ3n) is 2.78. The summed E-state index contributed by atoms with van der Waals surface area (Å²) in [6, 6.07) is 8.67. The molecule has 0 radical (unpaired) electrons. The van der Waals surface area contributed by atoms with Gasteiger partial charge in [0.1, 0.15) is 0 Å². The zero-order valence-electron chi connectivity index (χ0n) is 11.0. The van der Waals surface area contributed by atoms with Gasteiger partial charge in [0.25, 0.3) is 0 Å². The van der Waals surface area contributed by atoms with Gasteiger partial charge in [-0.15, -0.1) is 0 Å². The van der Waals surface area contributed by atoms with Gasteiger partial charge in [0.05, 0.1) is 5.69 Å². The fourth-order valence-corrected chi connectivity index (χ4v) is 1.80. The molecule has 0 aliphatic rings. The lowest BCUT2D eigenvalue weighted by Crippen LogP contribution is -2.13. The summed E-state index contributed by atoms with van der Waals surface area (Å²) in [6.45, 7) is 0.409. The average molecular weight is 259 g/mol. The van der Waals surface area contributed by atoms with E-state index in [1.807, 2.05) is 31.1 Å². The van der Waals surface area contributed by atoms with Gasteiger partial charge >= 0.3 is 0 Å². The van der Waals surface area contributed by atoms with E-state index in [-0.39, 0.29) is 11.5 Å². The highest BCUT2D eigenvalue weighted by Crippen LogP contribution is 2.29. The van der Waals surface area contributed by atoms with E-state index in [0.717, 1.165) is 11.5 Å². The second kappa shape index (κ2) is 5.48. The molecule has 3 N–H and O–H groups in total. The first-order chi connectivity index (χ1) is 9.09. The molecule has 0 aliphatic heterocycles. The van der Waals surface area contributed by atoms with Gasteiger partial charge in [0.2, 0.25) is 0 Å². The van der Waals surface area contributed by atoms with Gasteiger partial charge in [-0.3, -0.25) is 0 Å². The Labute approximate surface area is 112 Å². The molecule has 0 unspecified atom stereocenters. The summed E-state index contributed by atoms with van der Waals surface area (Å²) in [4.78, 5) is 6.19. The largest absolute Gasteiger partial charge is 0.504 e. The number of aromatic nitrogens is 1. The summed E-state index contributed by atoms with van der Waals surface area (Å²) in [7, 11) is 3.83. The zero-order chi connectivity index (χ0) is 13.8. The molecule has 0 bridgehead atoms. The monoisotopic (exact) mass is 259 g/mol. The van der Waals surface area contributed by atoms with E-state index < -0.39 is 0 Å². The SMILES string of the molecule is CN(C)c1ncccc1NCc1cccc(O)c1O. The van der Waals surface area contributed by atoms with E-state index in [1.165, 1.54) is 6.07 Å². The van der Waals surface area contributed by atoms with Crippen LogP contribution in [0.5, 0.6) is 11.5 Å². The van der Waals surface area contributed by atoms with Crippen LogP contribution in [-0.4, -0.2) is 29.3 Å². The number of phenols is 2. The summed E-state index contributed by atoms with van der Waals surface area (Å²) in [5.41, 5.74) is 1.50. The summed E-state index contributed by atoms with van der Waals surface area (Å²) < 4.78 is 0. The lowest BCUT2D eigenvalue weighted by atomic mass is 10.2. The molecule has 1 aromatic carbocycles. The topological polar surface area (TPSA) is 68.6 Å². The number of para-hydroxylation sites is 1. The van der Waals surface area contributed by atoms with E-state index >= 15 is 0 Å². The predicted octanol–water partition coefficient (Wildman–Crippen LogP) is 2.17. The number of anilines is 2. The van der Waals surface area contributed by atoms with Crippen molar-refractivity contribution in [3.63, 3.8) is 0 Å². The number of nitrogens with zero attached hydrogens (tertiary/aromatic N) is 2. The van der Waals surface area contributed by atoms with E-state index in [4.69, 9.17) is 0 Å². The van der Waals surface area contributed by atoms with E-state index in [0.29, 0.717) is 12.1 Å². The first-order valence-corrected chi connectivity index (χ1v) is 5.95. The molecule has 100 valence electrons. The molecule has 0 saturated carbocycles. The van der Waals surface area contributed by atoms with Gasteiger partial charge in [0.15, 0.2) is 17.3 Å². The van der Waals surface area contributed by atoms with Crippen LogP contribution >= 0.6 is 0 Å². The molecule has 2 aromatic rings. The average Bonchev–Trinajstić information content (AvgIpc) is 2.40. The first kappa shape index (κ1) is 13.0. The maximum Gasteiger partial charge on any atom is 0.162 e. The zero-order valence-corrected chi connectivity index (χ0v) is 11.0. The van der Waals surface area contributed by atoms with Gasteiger partial charge in [-0.2, -0.15) is 0 Å². The van der Waals surface area contributed by atoms with Crippen LogP contribution in [0.3, 0.4) is 0 Å². The van der Waals surface area contributed by atoms with Gasteiger partial charge in [-0.25, -0.2) is 4.98 Å². The van der Waals surface area contributed by atoms with Crippen LogP contribution in [0.1, 0.15) is 5.56 Å². The number of aromatic hydroxyl groups is 2. The Hall–Kier alpha value is -2.43. The third kappa shape index (κ3) is 2.88. The maximum atomic E-state index is 9.74. The van der Waals surface area contributed by atoms with Gasteiger partial charge in [0, 0.05) is 32.4 Å². The van der Waals surface area contributed by atoms with Crippen LogP contribution in [0.25, 0.3) is 0 Å². The Balaban J connectivity index is 2.17. The van der Waals surface area contributed by atoms with Gasteiger partial charge in [-0.1, -0.05) is 12.1 Å². The molecule has 0 saturated heterocycles. The first-order valence-electron chi connectivity index (χ1n) is 5.95. The van der Waals surface area contributed by atoms with E-state index in [9.17, 15) is 10.2 Å². The molecule has 5 heteroatoms. The summed E-state index contributed by atoms with van der Waals surface area (Å²) in [5, 5.41) is 22.4. The van der Waals surface area contributed by atoms with Gasteiger partial charge < -0.3 is 20.4 Å². The van der Waals surface area contributed by atoms with Crippen LogP contribution < -0.4 is 10.2 Å². The number of hydrogen-bond acceptors (Lipinski definition) is 5. The third-order valence-corrected chi connectivity index (χ3v) is 2.78. The van der Waals surface area contributed by atoms with Crippen molar-refractivity contribution in [2.45, 2.75) is 6.54 Å². The predicted molar refractivity (Wildman–Crippen MR) is 75.7 cm³/mol. The van der Waals surface area contributed by atoms with Crippen LogP contribution in [0.2, 0.25) is 0 Å². The van der Waals surface area contributed by atoms with Crippen molar-refractivity contribution in [3.05, 3.63) is 42.1 Å². The van der Waals surface area contributed by atoms with Crippen molar-refractivity contribution < 1.29 is 10.2 Å². The minimum absolute atomic E-state index is 0.0923. The van der Waals surface area contributed by atoms with Crippen LogP contribution in [-0.2, 0) is 6.54 Å². The lowest BCUT2D eigenvalue weighted by molar-refractivity contribution is 0.400. The minimum atomic E-state index is -0.113. The molecule has 5 nitrogen and oxygen atoms in total. The highest BCUT2D eigenvalue weighted by Gasteiger charge is 2.08. The van der Waals surface area contributed by atoms with E-state index in [1.54, 1.807) is 18.3 Å². The number of nitrogens with one attached hydrogen (secondary N) is 1. The maximum absolute atomic E-state index is 9.74. The molecule has 1 heterocycles. The van der Waals surface area contributed by atoms with Crippen molar-refractivity contribution in [2.75, 3.05) is 24.3 Å². The lowest BCUT2D eigenvalue weighted by Gasteiger charge is -2.17. The summed E-state index contributed by atoms with van der Waals surface area (Å²) in [6.07, 6.45) is 1.73. The van der Waals surface area contributed by atoms with Gasteiger partial charge in [-0.05, 0) is 18.2 Å². The number of benzene rings is 1. The molecule has 0 atom stereocenters. The van der Waals surface area contributed by atoms with Crippen molar-refractivity contribution in [1.29, 1.82) is 0 Å². The normalized spacial score (nSPS) is 10.2. The minimum Gasteiger partial charge on any atom is -0.504 e. The smallest absolute Gasteiger partial charge is 0.162 e. The molecule has 0 spiro atoms. The fraction of sp³-hybridized carbons (Fsp3) is 0.214. The highest BCUT2D eigenvalue weighted by molar-refractivity contribution is 5.65. The molecule has 1 aromatic heterocycles. The van der Waals surface area contributed by atoms with Crippen molar-refractivity contribution in [1.82, 2.24) is 4.98 Å². The Morgan fingerprint density at radius 1 is 1.16 bits per heavy atom. The Morgan fingerprint density at radius 3 is 2.68 bits per heavy atom. The molecule has 2 rings (SSSR count). The molecular weight excluding hydrogens is 242 g/mol. The number of phenolic OH excluding ortho intramolecular Hbond substituents is 2. The molecule has 0 amide bonds. The van der Waals surface area contributed by atoms with Crippen molar-refractivity contribution in [2.24, 2.45) is 0 Å². The number of rotatable bonds is 4. The fourth-order valence-electron chi connectivity index (χ4n) is 1.80. The highest BCUT2D eigenvalue weighted by atomic mass is 16.3. The van der Waals surface area contributed by atoms with Crippen LogP contribution in [0, 0.1) is 0 Å². The van der Waals surface area contributed by atoms with Crippen molar-refractivity contribution >= 4 is 11.5 Å². The van der Waals surface area contributed by atoms with E-state index in [2.05, 4.69) is 10.3 Å². The van der Waals surface area contributed by atoms with Crippen LogP contribution in [0.4, 0.5) is 11.5 Å². The Kier molecular flexibility index (Phi) is 3.75. The Morgan fingerprint density at radius 2 is 1.95 bits per heavy atom. The molecule has 0 fully saturated rings. The number of pyridine rings is 1. The quantitative estimate of drug-likeness (QED) is 0.734. The standard InChI is InChI=1S/C14H17N3O2/c1-17(2)14-11(6-4-8-15-14)16-9-10-5-3-7-12(18)13(10)19/h3-8,16,18-19H,9H2,1-2H3. The van der Waals surface area contributed by atoms with Crippen molar-refractivity contribution in [3.8, 4) is 11.5 Å². The summed E-state index contributed by atoms with van der Waals surface area (Å²) >= 11 is 0. The van der Waals surface area contributed by atoms with Crippen LogP contribution in [0.15, 0.2) is 36.5 Å². The second-order valence-electron chi connectivity index (χ2n) is 4.41.